The van der Waals surface area contributed by atoms with E-state index in [1.807, 2.05) is 5.32 Å². The molecule has 0 saturated carbocycles. The number of hydrogen-bond donors (Lipinski definition) is 2. The minimum atomic E-state index is -0.722. The van der Waals surface area contributed by atoms with Gasteiger partial charge in [0.15, 0.2) is 18.1 Å². The molecule has 1 aromatic rings. The van der Waals surface area contributed by atoms with Gasteiger partial charge < -0.3 is 19.5 Å². The van der Waals surface area contributed by atoms with Crippen LogP contribution in [0.2, 0.25) is 0 Å². The van der Waals surface area contributed by atoms with Crippen LogP contribution in [0.5, 0.6) is 11.5 Å². The van der Waals surface area contributed by atoms with Gasteiger partial charge in [0.2, 0.25) is 0 Å². The number of urea groups is 1. The number of rotatable bonds is 6. The Labute approximate surface area is 127 Å². The van der Waals surface area contributed by atoms with Crippen LogP contribution in [0.25, 0.3) is 0 Å². The van der Waals surface area contributed by atoms with Crippen LogP contribution in [0.15, 0.2) is 18.2 Å². The summed E-state index contributed by atoms with van der Waals surface area (Å²) in [4.78, 5) is 34.3. The second-order valence-electron chi connectivity index (χ2n) is 4.05. The quantitative estimate of drug-likeness (QED) is 0.750. The molecule has 0 aliphatic carbocycles. The molecule has 1 rings (SSSR count). The Balaban J connectivity index is 2.58. The number of methoxy groups -OCH3 is 2. The highest BCUT2D eigenvalue weighted by atomic mass is 16.5. The Bertz CT molecular complexity index is 558. The van der Waals surface area contributed by atoms with Crippen molar-refractivity contribution in [3.05, 3.63) is 23.8 Å². The van der Waals surface area contributed by atoms with Gasteiger partial charge in [-0.15, -0.1) is 0 Å². The lowest BCUT2D eigenvalue weighted by Gasteiger charge is -2.09. The number of benzene rings is 1. The Hall–Kier alpha value is -2.77. The zero-order valence-electron chi connectivity index (χ0n) is 12.6. The standard InChI is InChI=1S/C14H18N2O6/c1-4-15-14(19)16-12(17)8-22-13(18)9-5-6-10(20-2)11(7-9)21-3/h5-7H,4,8H2,1-3H3,(H2,15,16,17,19). The van der Waals surface area contributed by atoms with Crippen LogP contribution in [-0.4, -0.2) is 45.3 Å². The number of nitrogens with one attached hydrogen (secondary N) is 2. The van der Waals surface area contributed by atoms with Gasteiger partial charge in [-0.2, -0.15) is 0 Å². The van der Waals surface area contributed by atoms with Gasteiger partial charge in [0.1, 0.15) is 0 Å². The summed E-state index contributed by atoms with van der Waals surface area (Å²) >= 11 is 0. The molecule has 0 spiro atoms. The van der Waals surface area contributed by atoms with Gasteiger partial charge in [-0.1, -0.05) is 0 Å². The topological polar surface area (TPSA) is 103 Å². The predicted molar refractivity (Wildman–Crippen MR) is 77.0 cm³/mol. The molecule has 0 aliphatic heterocycles. The van der Waals surface area contributed by atoms with Gasteiger partial charge in [0.05, 0.1) is 19.8 Å². The van der Waals surface area contributed by atoms with Crippen molar-refractivity contribution in [2.75, 3.05) is 27.4 Å². The summed E-state index contributed by atoms with van der Waals surface area (Å²) < 4.78 is 14.9. The van der Waals surface area contributed by atoms with Crippen molar-refractivity contribution < 1.29 is 28.6 Å². The molecule has 8 nitrogen and oxygen atoms in total. The van der Waals surface area contributed by atoms with Crippen LogP contribution in [0.3, 0.4) is 0 Å². The zero-order valence-corrected chi connectivity index (χ0v) is 12.6. The van der Waals surface area contributed by atoms with E-state index in [4.69, 9.17) is 14.2 Å². The van der Waals surface area contributed by atoms with Crippen molar-refractivity contribution in [1.82, 2.24) is 10.6 Å². The fraction of sp³-hybridized carbons (Fsp3) is 0.357. The highest BCUT2D eigenvalue weighted by molar-refractivity contribution is 5.97. The summed E-state index contributed by atoms with van der Waals surface area (Å²) in [6, 6.07) is 3.81. The molecule has 22 heavy (non-hydrogen) atoms. The van der Waals surface area contributed by atoms with E-state index >= 15 is 0 Å². The number of carbonyl (C=O) groups is 3. The smallest absolute Gasteiger partial charge is 0.338 e. The Morgan fingerprint density at radius 1 is 1.09 bits per heavy atom. The molecule has 0 saturated heterocycles. The number of ether oxygens (including phenoxy) is 3. The van der Waals surface area contributed by atoms with E-state index in [2.05, 4.69) is 5.32 Å². The van der Waals surface area contributed by atoms with Crippen LogP contribution >= 0.6 is 0 Å². The second-order valence-corrected chi connectivity index (χ2v) is 4.05. The fourth-order valence-corrected chi connectivity index (χ4v) is 1.55. The first-order valence-electron chi connectivity index (χ1n) is 6.48. The first-order valence-corrected chi connectivity index (χ1v) is 6.48. The van der Waals surface area contributed by atoms with Gasteiger partial charge in [0, 0.05) is 6.54 Å². The monoisotopic (exact) mass is 310 g/mol. The highest BCUT2D eigenvalue weighted by Crippen LogP contribution is 2.27. The molecule has 0 atom stereocenters. The van der Waals surface area contributed by atoms with Crippen LogP contribution < -0.4 is 20.1 Å². The maximum Gasteiger partial charge on any atom is 0.338 e. The first kappa shape index (κ1) is 17.3. The van der Waals surface area contributed by atoms with Crippen molar-refractivity contribution in [2.45, 2.75) is 6.92 Å². The molecule has 1 aromatic carbocycles. The van der Waals surface area contributed by atoms with Crippen LogP contribution in [0.4, 0.5) is 4.79 Å². The summed E-state index contributed by atoms with van der Waals surface area (Å²) in [5.41, 5.74) is 0.198. The molecule has 3 amide bonds. The lowest BCUT2D eigenvalue weighted by molar-refractivity contribution is -0.123. The van der Waals surface area contributed by atoms with Gasteiger partial charge in [-0.3, -0.25) is 10.1 Å². The lowest BCUT2D eigenvalue weighted by Crippen LogP contribution is -2.41. The minimum absolute atomic E-state index is 0.198. The molecule has 0 aliphatic rings. The molecule has 120 valence electrons. The van der Waals surface area contributed by atoms with E-state index in [0.29, 0.717) is 18.0 Å². The number of esters is 1. The molecule has 0 heterocycles. The number of hydrogen-bond acceptors (Lipinski definition) is 6. The summed E-state index contributed by atoms with van der Waals surface area (Å²) in [7, 11) is 2.91. The highest BCUT2D eigenvalue weighted by Gasteiger charge is 2.14. The number of carbonyl (C=O) groups excluding carboxylic acids is 3. The van der Waals surface area contributed by atoms with Crippen molar-refractivity contribution in [3.63, 3.8) is 0 Å². The maximum absolute atomic E-state index is 11.8. The van der Waals surface area contributed by atoms with Crippen LogP contribution in [0.1, 0.15) is 17.3 Å². The normalized spacial score (nSPS) is 9.59. The van der Waals surface area contributed by atoms with E-state index in [1.165, 1.54) is 26.4 Å². The van der Waals surface area contributed by atoms with Crippen molar-refractivity contribution >= 4 is 17.9 Å². The average molecular weight is 310 g/mol. The third-order valence-corrected chi connectivity index (χ3v) is 2.54. The third-order valence-electron chi connectivity index (χ3n) is 2.54. The zero-order chi connectivity index (χ0) is 16.5. The van der Waals surface area contributed by atoms with Gasteiger partial charge >= 0.3 is 12.0 Å². The lowest BCUT2D eigenvalue weighted by atomic mass is 10.2. The Morgan fingerprint density at radius 3 is 2.36 bits per heavy atom. The SMILES string of the molecule is CCNC(=O)NC(=O)COC(=O)c1ccc(OC)c(OC)c1. The molecule has 0 aromatic heterocycles. The van der Waals surface area contributed by atoms with Gasteiger partial charge in [0.25, 0.3) is 5.91 Å². The average Bonchev–Trinajstić information content (AvgIpc) is 2.52. The maximum atomic E-state index is 11.8. The third kappa shape index (κ3) is 4.97. The van der Waals surface area contributed by atoms with E-state index in [0.717, 1.165) is 0 Å². The van der Waals surface area contributed by atoms with Crippen LogP contribution in [-0.2, 0) is 9.53 Å². The molecule has 0 radical (unpaired) electrons. The van der Waals surface area contributed by atoms with E-state index in [1.54, 1.807) is 13.0 Å². The summed E-state index contributed by atoms with van der Waals surface area (Å²) in [6.45, 7) is 1.52. The summed E-state index contributed by atoms with van der Waals surface area (Å²) in [5.74, 6) is -0.608. The first-order chi connectivity index (χ1) is 10.5. The van der Waals surface area contributed by atoms with Crippen LogP contribution in [0, 0.1) is 0 Å². The molecule has 2 N–H and O–H groups in total. The van der Waals surface area contributed by atoms with Crippen molar-refractivity contribution in [3.8, 4) is 11.5 Å². The second kappa shape index (κ2) is 8.50. The molecule has 8 heteroatoms. The molecular weight excluding hydrogens is 292 g/mol. The Kier molecular flexibility index (Phi) is 6.68. The summed E-state index contributed by atoms with van der Waals surface area (Å²) in [5, 5.41) is 4.40. The van der Waals surface area contributed by atoms with Crippen molar-refractivity contribution in [1.29, 1.82) is 0 Å². The van der Waals surface area contributed by atoms with E-state index in [9.17, 15) is 14.4 Å². The molecule has 0 fully saturated rings. The number of imide groups is 1. The molecule has 0 unspecified atom stereocenters. The molecule has 0 bridgehead atoms. The largest absolute Gasteiger partial charge is 0.493 e. The fourth-order valence-electron chi connectivity index (χ4n) is 1.55. The minimum Gasteiger partial charge on any atom is -0.493 e. The van der Waals surface area contributed by atoms with Gasteiger partial charge in [-0.25, -0.2) is 9.59 Å². The number of amides is 3. The van der Waals surface area contributed by atoms with E-state index in [-0.39, 0.29) is 5.56 Å². The van der Waals surface area contributed by atoms with Gasteiger partial charge in [-0.05, 0) is 25.1 Å². The summed E-state index contributed by atoms with van der Waals surface area (Å²) in [6.07, 6.45) is 0. The Morgan fingerprint density at radius 2 is 1.77 bits per heavy atom. The predicted octanol–water partition coefficient (Wildman–Crippen LogP) is 0.706. The van der Waals surface area contributed by atoms with Crippen molar-refractivity contribution in [2.24, 2.45) is 0 Å². The molecular formula is C14H18N2O6. The van der Waals surface area contributed by atoms with E-state index < -0.39 is 24.5 Å².